The molecule has 1 saturated heterocycles. The first kappa shape index (κ1) is 17.4. The van der Waals surface area contributed by atoms with E-state index in [4.69, 9.17) is 14.2 Å². The van der Waals surface area contributed by atoms with Crippen molar-refractivity contribution < 1.29 is 19.0 Å². The van der Waals surface area contributed by atoms with Crippen LogP contribution in [0.2, 0.25) is 0 Å². The maximum atomic E-state index is 12.5. The zero-order valence-corrected chi connectivity index (χ0v) is 15.3. The molecule has 1 aromatic carbocycles. The highest BCUT2D eigenvalue weighted by Crippen LogP contribution is 2.32. The molecule has 2 aliphatic heterocycles. The second kappa shape index (κ2) is 7.69. The summed E-state index contributed by atoms with van der Waals surface area (Å²) in [5.74, 6) is 2.87. The highest BCUT2D eigenvalue weighted by Gasteiger charge is 2.23. The van der Waals surface area contributed by atoms with E-state index >= 15 is 0 Å². The third-order valence-electron chi connectivity index (χ3n) is 4.81. The molecule has 27 heavy (non-hydrogen) atoms. The van der Waals surface area contributed by atoms with E-state index in [1.165, 1.54) is 0 Å². The first-order valence-corrected chi connectivity index (χ1v) is 9.01. The van der Waals surface area contributed by atoms with Crippen molar-refractivity contribution in [3.8, 4) is 17.4 Å². The number of hydrogen-bond donors (Lipinski definition) is 0. The molecule has 0 spiro atoms. The van der Waals surface area contributed by atoms with Crippen molar-refractivity contribution in [2.45, 2.75) is 12.8 Å². The van der Waals surface area contributed by atoms with E-state index in [2.05, 4.69) is 14.9 Å². The second-order valence-corrected chi connectivity index (χ2v) is 6.45. The van der Waals surface area contributed by atoms with Gasteiger partial charge in [-0.25, -0.2) is 4.98 Å². The molecule has 8 nitrogen and oxygen atoms in total. The number of ether oxygens (including phenoxy) is 3. The van der Waals surface area contributed by atoms with Gasteiger partial charge in [0.2, 0.25) is 24.5 Å². The largest absolute Gasteiger partial charge is 0.481 e. The minimum atomic E-state index is 0.166. The van der Waals surface area contributed by atoms with Crippen molar-refractivity contribution in [3.05, 3.63) is 36.0 Å². The molecule has 0 radical (unpaired) electrons. The Bertz CT molecular complexity index is 821. The molecular formula is C19H22N4O4. The van der Waals surface area contributed by atoms with Crippen LogP contribution in [0.25, 0.3) is 0 Å². The van der Waals surface area contributed by atoms with Gasteiger partial charge in [0, 0.05) is 44.9 Å². The van der Waals surface area contributed by atoms with Crippen molar-refractivity contribution in [2.24, 2.45) is 0 Å². The Morgan fingerprint density at radius 1 is 1.15 bits per heavy atom. The van der Waals surface area contributed by atoms with E-state index in [1.807, 2.05) is 23.1 Å². The predicted molar refractivity (Wildman–Crippen MR) is 98.3 cm³/mol. The molecule has 0 bridgehead atoms. The summed E-state index contributed by atoms with van der Waals surface area (Å²) in [5, 5.41) is 0. The number of fused-ring (bicyclic) bond motifs is 1. The lowest BCUT2D eigenvalue weighted by atomic mass is 10.1. The third kappa shape index (κ3) is 3.89. The van der Waals surface area contributed by atoms with Crippen LogP contribution in [-0.2, 0) is 11.2 Å². The van der Waals surface area contributed by atoms with Gasteiger partial charge >= 0.3 is 0 Å². The zero-order chi connectivity index (χ0) is 18.6. The van der Waals surface area contributed by atoms with Crippen LogP contribution in [0.1, 0.15) is 12.0 Å². The van der Waals surface area contributed by atoms with E-state index in [-0.39, 0.29) is 12.7 Å². The van der Waals surface area contributed by atoms with Crippen molar-refractivity contribution in [2.75, 3.05) is 45.0 Å². The van der Waals surface area contributed by atoms with Gasteiger partial charge in [0.1, 0.15) is 0 Å². The minimum Gasteiger partial charge on any atom is -0.481 e. The van der Waals surface area contributed by atoms with Gasteiger partial charge < -0.3 is 24.0 Å². The topological polar surface area (TPSA) is 77.0 Å². The van der Waals surface area contributed by atoms with Gasteiger partial charge in [-0.2, -0.15) is 4.98 Å². The Labute approximate surface area is 157 Å². The number of hydrogen-bond acceptors (Lipinski definition) is 7. The van der Waals surface area contributed by atoms with Crippen LogP contribution in [0.15, 0.2) is 30.5 Å². The Hall–Kier alpha value is -3.03. The van der Waals surface area contributed by atoms with Gasteiger partial charge in [-0.15, -0.1) is 0 Å². The smallest absolute Gasteiger partial charge is 0.231 e. The van der Waals surface area contributed by atoms with Gasteiger partial charge in [-0.1, -0.05) is 6.07 Å². The Morgan fingerprint density at radius 2 is 1.96 bits per heavy atom. The number of anilines is 1. The molecule has 2 aromatic rings. The lowest BCUT2D eigenvalue weighted by molar-refractivity contribution is -0.131. The summed E-state index contributed by atoms with van der Waals surface area (Å²) in [6, 6.07) is 7.56. The van der Waals surface area contributed by atoms with Crippen LogP contribution in [0.3, 0.4) is 0 Å². The van der Waals surface area contributed by atoms with Crippen LogP contribution in [0, 0.1) is 0 Å². The highest BCUT2D eigenvalue weighted by molar-refractivity contribution is 5.76. The van der Waals surface area contributed by atoms with Crippen molar-refractivity contribution in [3.63, 3.8) is 0 Å². The number of piperazine rings is 1. The number of aromatic nitrogens is 2. The number of nitrogens with zero attached hydrogens (tertiary/aromatic N) is 4. The molecule has 142 valence electrons. The number of rotatable bonds is 5. The van der Waals surface area contributed by atoms with Gasteiger partial charge in [-0.05, 0) is 24.1 Å². The maximum absolute atomic E-state index is 12.5. The lowest BCUT2D eigenvalue weighted by Crippen LogP contribution is -2.49. The number of carbonyl (C=O) groups is 1. The van der Waals surface area contributed by atoms with Crippen molar-refractivity contribution in [1.82, 2.24) is 14.9 Å². The van der Waals surface area contributed by atoms with E-state index in [1.54, 1.807) is 19.4 Å². The molecule has 0 saturated carbocycles. The lowest BCUT2D eigenvalue weighted by Gasteiger charge is -2.34. The fraction of sp³-hybridized carbons (Fsp3) is 0.421. The number of amides is 1. The SMILES string of the molecule is COc1ccnc(N2CCN(C(=O)CCc3ccc4c(c3)OCO4)CC2)n1. The summed E-state index contributed by atoms with van der Waals surface area (Å²) < 4.78 is 15.9. The first-order valence-electron chi connectivity index (χ1n) is 9.01. The molecule has 0 unspecified atom stereocenters. The summed E-state index contributed by atoms with van der Waals surface area (Å²) in [4.78, 5) is 25.2. The molecule has 0 atom stereocenters. The number of carbonyl (C=O) groups excluding carboxylic acids is 1. The second-order valence-electron chi connectivity index (χ2n) is 6.45. The molecule has 0 N–H and O–H groups in total. The van der Waals surface area contributed by atoms with Crippen LogP contribution in [0.4, 0.5) is 5.95 Å². The number of aryl methyl sites for hydroxylation is 1. The normalized spacial score (nSPS) is 15.7. The van der Waals surface area contributed by atoms with Gasteiger partial charge in [0.05, 0.1) is 7.11 Å². The average Bonchev–Trinajstić information content (AvgIpc) is 3.20. The van der Waals surface area contributed by atoms with E-state index in [9.17, 15) is 4.79 Å². The maximum Gasteiger partial charge on any atom is 0.231 e. The van der Waals surface area contributed by atoms with Gasteiger partial charge in [-0.3, -0.25) is 4.79 Å². The third-order valence-corrected chi connectivity index (χ3v) is 4.81. The fourth-order valence-corrected chi connectivity index (χ4v) is 3.26. The summed E-state index contributed by atoms with van der Waals surface area (Å²) in [6.07, 6.45) is 2.86. The summed E-state index contributed by atoms with van der Waals surface area (Å²) in [6.45, 7) is 3.02. The van der Waals surface area contributed by atoms with E-state index in [0.29, 0.717) is 50.8 Å². The monoisotopic (exact) mass is 370 g/mol. The molecule has 1 amide bonds. The quantitative estimate of drug-likeness (QED) is 0.789. The van der Waals surface area contributed by atoms with E-state index < -0.39 is 0 Å². The predicted octanol–water partition coefficient (Wildman–Crippen LogP) is 1.50. The molecule has 1 fully saturated rings. The summed E-state index contributed by atoms with van der Waals surface area (Å²) in [7, 11) is 1.59. The summed E-state index contributed by atoms with van der Waals surface area (Å²) in [5.41, 5.74) is 1.08. The minimum absolute atomic E-state index is 0.166. The fourth-order valence-electron chi connectivity index (χ4n) is 3.26. The number of benzene rings is 1. The average molecular weight is 370 g/mol. The zero-order valence-electron chi connectivity index (χ0n) is 15.3. The van der Waals surface area contributed by atoms with Crippen LogP contribution in [0.5, 0.6) is 17.4 Å². The molecular weight excluding hydrogens is 348 g/mol. The Kier molecular flexibility index (Phi) is 4.95. The Morgan fingerprint density at radius 3 is 2.78 bits per heavy atom. The van der Waals surface area contributed by atoms with E-state index in [0.717, 1.165) is 17.1 Å². The van der Waals surface area contributed by atoms with Gasteiger partial charge in [0.15, 0.2) is 11.5 Å². The standard InChI is InChI=1S/C19H22N4O4/c1-25-17-6-7-20-19(21-17)23-10-8-22(9-11-23)18(24)5-3-14-2-4-15-16(12-14)27-13-26-15/h2,4,6-7,12H,3,5,8-11,13H2,1H3. The molecule has 3 heterocycles. The van der Waals surface area contributed by atoms with Crippen LogP contribution < -0.4 is 19.1 Å². The summed E-state index contributed by atoms with van der Waals surface area (Å²) >= 11 is 0. The van der Waals surface area contributed by atoms with Gasteiger partial charge in [0.25, 0.3) is 0 Å². The van der Waals surface area contributed by atoms with Crippen LogP contribution >= 0.6 is 0 Å². The van der Waals surface area contributed by atoms with Crippen molar-refractivity contribution in [1.29, 1.82) is 0 Å². The Balaban J connectivity index is 1.28. The molecule has 2 aliphatic rings. The molecule has 8 heteroatoms. The molecule has 4 rings (SSSR count). The highest BCUT2D eigenvalue weighted by atomic mass is 16.7. The molecule has 0 aliphatic carbocycles. The first-order chi connectivity index (χ1) is 13.2. The van der Waals surface area contributed by atoms with Crippen molar-refractivity contribution >= 4 is 11.9 Å². The van der Waals surface area contributed by atoms with Crippen LogP contribution in [-0.4, -0.2) is 60.9 Å². The number of methoxy groups -OCH3 is 1. The molecule has 1 aromatic heterocycles.